The summed E-state index contributed by atoms with van der Waals surface area (Å²) in [6, 6.07) is 0. The van der Waals surface area contributed by atoms with E-state index in [9.17, 15) is 4.21 Å². The van der Waals surface area contributed by atoms with Crippen LogP contribution in [0.1, 0.15) is 6.92 Å². The Labute approximate surface area is 107 Å². The van der Waals surface area contributed by atoms with Crippen molar-refractivity contribution in [3.63, 3.8) is 0 Å². The monoisotopic (exact) mass is 268 g/mol. The van der Waals surface area contributed by atoms with Crippen LogP contribution in [0, 0.1) is 0 Å². The molecule has 0 radical (unpaired) electrons. The summed E-state index contributed by atoms with van der Waals surface area (Å²) in [7, 11) is -0.873. The number of nitrogens with one attached hydrogen (secondary N) is 2. The summed E-state index contributed by atoms with van der Waals surface area (Å²) in [5.74, 6) is 6.51. The molecule has 2 aromatic rings. The molecule has 0 amide bonds. The number of fused-ring (bicyclic) bond motifs is 1. The Bertz CT molecular complexity index is 568. The summed E-state index contributed by atoms with van der Waals surface area (Å²) in [4.78, 5) is 8.50. The van der Waals surface area contributed by atoms with Gasteiger partial charge in [-0.15, -0.1) is 0 Å². The predicted octanol–water partition coefficient (Wildman–Crippen LogP) is 0.194. The van der Waals surface area contributed by atoms with E-state index in [0.29, 0.717) is 23.8 Å². The lowest BCUT2D eigenvalue weighted by atomic mass is 10.4. The van der Waals surface area contributed by atoms with Gasteiger partial charge >= 0.3 is 0 Å². The Kier molecular flexibility index (Phi) is 3.78. The normalized spacial score (nSPS) is 14.4. The van der Waals surface area contributed by atoms with Gasteiger partial charge in [0.2, 0.25) is 0 Å². The van der Waals surface area contributed by atoms with E-state index >= 15 is 0 Å². The number of aromatic nitrogens is 3. The molecule has 0 saturated carbocycles. The molecule has 0 bridgehead atoms. The van der Waals surface area contributed by atoms with Crippen molar-refractivity contribution in [1.29, 1.82) is 0 Å². The number of imidazole rings is 1. The molecule has 2 atom stereocenters. The van der Waals surface area contributed by atoms with Gasteiger partial charge in [-0.05, 0) is 6.92 Å². The maximum absolute atomic E-state index is 11.3. The van der Waals surface area contributed by atoms with Crippen molar-refractivity contribution < 1.29 is 4.21 Å². The van der Waals surface area contributed by atoms with Crippen molar-refractivity contribution in [1.82, 2.24) is 14.4 Å². The second-order valence-corrected chi connectivity index (χ2v) is 5.77. The minimum atomic E-state index is -0.873. The first kappa shape index (κ1) is 12.8. The zero-order valence-electron chi connectivity index (χ0n) is 10.3. The van der Waals surface area contributed by atoms with Crippen LogP contribution in [-0.2, 0) is 10.8 Å². The van der Waals surface area contributed by atoms with Crippen LogP contribution in [-0.4, -0.2) is 36.6 Å². The second kappa shape index (κ2) is 5.32. The molecule has 2 unspecified atom stereocenters. The molecule has 0 aromatic carbocycles. The molecular weight excluding hydrogens is 252 g/mol. The van der Waals surface area contributed by atoms with Gasteiger partial charge in [-0.2, -0.15) is 0 Å². The predicted molar refractivity (Wildman–Crippen MR) is 72.8 cm³/mol. The van der Waals surface area contributed by atoms with Crippen molar-refractivity contribution in [3.05, 3.63) is 18.6 Å². The fraction of sp³-hybridized carbons (Fsp3) is 0.400. The van der Waals surface area contributed by atoms with E-state index in [4.69, 9.17) is 5.84 Å². The number of anilines is 2. The second-order valence-electron chi connectivity index (χ2n) is 3.97. The molecule has 4 N–H and O–H groups in total. The van der Waals surface area contributed by atoms with Gasteiger partial charge in [0.15, 0.2) is 17.3 Å². The lowest BCUT2D eigenvalue weighted by molar-refractivity contribution is 0.679. The third kappa shape index (κ3) is 2.59. The molecule has 2 heterocycles. The molecule has 0 fully saturated rings. The summed E-state index contributed by atoms with van der Waals surface area (Å²) in [6.45, 7) is 2.48. The van der Waals surface area contributed by atoms with E-state index < -0.39 is 10.8 Å². The van der Waals surface area contributed by atoms with Crippen LogP contribution in [0.4, 0.5) is 11.6 Å². The molecule has 2 rings (SSSR count). The first-order valence-corrected chi connectivity index (χ1v) is 7.10. The standard InChI is InChI=1S/C10H16N6OS/c1-7(18(2)17)5-13-9-10-12-3-4-16(10)6-8(14-9)15-11/h3-4,6-7,15H,5,11H2,1-2H3,(H,13,14). The molecule has 0 spiro atoms. The van der Waals surface area contributed by atoms with Crippen LogP contribution in [0.25, 0.3) is 5.65 Å². The van der Waals surface area contributed by atoms with Crippen molar-refractivity contribution in [2.24, 2.45) is 5.84 Å². The third-order valence-electron chi connectivity index (χ3n) is 2.65. The minimum Gasteiger partial charge on any atom is -0.366 e. The molecular formula is C10H16N6OS. The molecule has 0 saturated heterocycles. The Morgan fingerprint density at radius 2 is 2.39 bits per heavy atom. The summed E-state index contributed by atoms with van der Waals surface area (Å²) in [6.07, 6.45) is 6.92. The Hall–Kier alpha value is -1.67. The van der Waals surface area contributed by atoms with E-state index in [1.807, 2.05) is 17.5 Å². The number of rotatable bonds is 5. The maximum atomic E-state index is 11.3. The van der Waals surface area contributed by atoms with E-state index in [1.54, 1.807) is 18.6 Å². The third-order valence-corrected chi connectivity index (χ3v) is 3.95. The van der Waals surface area contributed by atoms with Crippen molar-refractivity contribution >= 4 is 28.1 Å². The quantitative estimate of drug-likeness (QED) is 0.529. The van der Waals surface area contributed by atoms with Gasteiger partial charge < -0.3 is 15.1 Å². The highest BCUT2D eigenvalue weighted by molar-refractivity contribution is 7.84. The van der Waals surface area contributed by atoms with E-state index in [0.717, 1.165) is 0 Å². The summed E-state index contributed by atoms with van der Waals surface area (Å²) in [5.41, 5.74) is 3.21. The van der Waals surface area contributed by atoms with E-state index in [1.165, 1.54) is 0 Å². The highest BCUT2D eigenvalue weighted by Gasteiger charge is 2.10. The summed E-state index contributed by atoms with van der Waals surface area (Å²) >= 11 is 0. The molecule has 98 valence electrons. The van der Waals surface area contributed by atoms with Gasteiger partial charge in [0, 0.05) is 41.2 Å². The number of nitrogen functional groups attached to an aromatic ring is 1. The van der Waals surface area contributed by atoms with Crippen LogP contribution < -0.4 is 16.6 Å². The van der Waals surface area contributed by atoms with Crippen LogP contribution >= 0.6 is 0 Å². The molecule has 2 aromatic heterocycles. The van der Waals surface area contributed by atoms with Gasteiger partial charge in [-0.1, -0.05) is 0 Å². The average molecular weight is 268 g/mol. The fourth-order valence-corrected chi connectivity index (χ4v) is 1.80. The van der Waals surface area contributed by atoms with Crippen LogP contribution in [0.2, 0.25) is 0 Å². The number of nitrogens with zero attached hydrogens (tertiary/aromatic N) is 3. The lowest BCUT2D eigenvalue weighted by Gasteiger charge is -2.12. The number of hydrazine groups is 1. The molecule has 0 aliphatic carbocycles. The lowest BCUT2D eigenvalue weighted by Crippen LogP contribution is -2.22. The fourth-order valence-electron chi connectivity index (χ4n) is 1.48. The summed E-state index contributed by atoms with van der Waals surface area (Å²) < 4.78 is 13.1. The van der Waals surface area contributed by atoms with Crippen LogP contribution in [0.15, 0.2) is 18.6 Å². The van der Waals surface area contributed by atoms with Gasteiger partial charge in [0.1, 0.15) is 0 Å². The van der Waals surface area contributed by atoms with E-state index in [2.05, 4.69) is 20.7 Å². The number of hydrogen-bond acceptors (Lipinski definition) is 6. The van der Waals surface area contributed by atoms with Crippen LogP contribution in [0.3, 0.4) is 0 Å². The van der Waals surface area contributed by atoms with Gasteiger partial charge in [-0.25, -0.2) is 15.8 Å². The summed E-state index contributed by atoms with van der Waals surface area (Å²) in [5, 5.41) is 3.18. The Balaban J connectivity index is 2.25. The molecule has 0 aliphatic heterocycles. The topological polar surface area (TPSA) is 97.3 Å². The largest absolute Gasteiger partial charge is 0.366 e. The highest BCUT2D eigenvalue weighted by Crippen LogP contribution is 2.15. The smallest absolute Gasteiger partial charge is 0.180 e. The Morgan fingerprint density at radius 1 is 1.61 bits per heavy atom. The molecule has 8 heteroatoms. The van der Waals surface area contributed by atoms with Crippen molar-refractivity contribution in [3.8, 4) is 0 Å². The zero-order valence-corrected chi connectivity index (χ0v) is 11.1. The van der Waals surface area contributed by atoms with Crippen LogP contribution in [0.5, 0.6) is 0 Å². The van der Waals surface area contributed by atoms with Gasteiger partial charge in [0.25, 0.3) is 0 Å². The van der Waals surface area contributed by atoms with Crippen molar-refractivity contribution in [2.75, 3.05) is 23.5 Å². The Morgan fingerprint density at radius 3 is 3.06 bits per heavy atom. The zero-order chi connectivity index (χ0) is 13.1. The van der Waals surface area contributed by atoms with Crippen molar-refractivity contribution in [2.45, 2.75) is 12.2 Å². The number of hydrogen-bond donors (Lipinski definition) is 3. The minimum absolute atomic E-state index is 0.0382. The van der Waals surface area contributed by atoms with E-state index in [-0.39, 0.29) is 5.25 Å². The highest BCUT2D eigenvalue weighted by atomic mass is 32.2. The first-order chi connectivity index (χ1) is 8.61. The molecule has 0 aliphatic rings. The molecule has 7 nitrogen and oxygen atoms in total. The maximum Gasteiger partial charge on any atom is 0.180 e. The molecule has 18 heavy (non-hydrogen) atoms. The number of nitrogens with two attached hydrogens (primary N) is 1. The van der Waals surface area contributed by atoms with Gasteiger partial charge in [0.05, 0.1) is 6.20 Å². The van der Waals surface area contributed by atoms with Gasteiger partial charge in [-0.3, -0.25) is 4.21 Å². The SMILES string of the molecule is CC(CNc1nc(NN)cn2ccnc12)S(C)=O. The first-order valence-electron chi connectivity index (χ1n) is 5.48. The average Bonchev–Trinajstić information content (AvgIpc) is 2.83.